The van der Waals surface area contributed by atoms with Gasteiger partial charge in [0.25, 0.3) is 0 Å². The molecular formula is C54H38N2. The summed E-state index contributed by atoms with van der Waals surface area (Å²) in [5, 5.41) is 2.48. The van der Waals surface area contributed by atoms with Gasteiger partial charge in [-0.3, -0.25) is 0 Å². The number of benzene rings is 9. The summed E-state index contributed by atoms with van der Waals surface area (Å²) in [6, 6.07) is 83.0. The van der Waals surface area contributed by atoms with E-state index in [1.807, 2.05) is 0 Å². The van der Waals surface area contributed by atoms with Gasteiger partial charge in [-0.15, -0.1) is 0 Å². The lowest BCUT2D eigenvalue weighted by molar-refractivity contribution is 1.18. The van der Waals surface area contributed by atoms with E-state index in [1.165, 1.54) is 66.3 Å². The molecule has 2 nitrogen and oxygen atoms in total. The van der Waals surface area contributed by atoms with E-state index in [-0.39, 0.29) is 0 Å². The van der Waals surface area contributed by atoms with E-state index in [9.17, 15) is 0 Å². The molecule has 10 aromatic rings. The molecule has 264 valence electrons. The zero-order valence-corrected chi connectivity index (χ0v) is 30.8. The van der Waals surface area contributed by atoms with Crippen molar-refractivity contribution >= 4 is 38.9 Å². The molecule has 0 aliphatic rings. The van der Waals surface area contributed by atoms with Crippen LogP contribution in [-0.2, 0) is 0 Å². The van der Waals surface area contributed by atoms with Crippen molar-refractivity contribution in [2.24, 2.45) is 0 Å². The highest BCUT2D eigenvalue weighted by atomic mass is 15.1. The Balaban J connectivity index is 1.05. The molecule has 0 atom stereocenters. The molecule has 56 heavy (non-hydrogen) atoms. The van der Waals surface area contributed by atoms with Crippen LogP contribution in [0, 0.1) is 0 Å². The highest BCUT2D eigenvalue weighted by molar-refractivity contribution is 6.10. The lowest BCUT2D eigenvalue weighted by atomic mass is 9.99. The molecule has 0 bridgehead atoms. The van der Waals surface area contributed by atoms with Crippen LogP contribution < -0.4 is 4.90 Å². The smallest absolute Gasteiger partial charge is 0.0561 e. The van der Waals surface area contributed by atoms with Crippen molar-refractivity contribution in [1.82, 2.24) is 4.57 Å². The van der Waals surface area contributed by atoms with Crippen molar-refractivity contribution in [3.8, 4) is 50.2 Å². The molecule has 0 saturated carbocycles. The highest BCUT2D eigenvalue weighted by Gasteiger charge is 2.18. The lowest BCUT2D eigenvalue weighted by Gasteiger charge is -2.26. The minimum absolute atomic E-state index is 1.09. The maximum Gasteiger partial charge on any atom is 0.0561 e. The Kier molecular flexibility index (Phi) is 8.55. The van der Waals surface area contributed by atoms with Crippen LogP contribution in [0.25, 0.3) is 72.0 Å². The van der Waals surface area contributed by atoms with Crippen molar-refractivity contribution in [1.29, 1.82) is 0 Å². The number of hydrogen-bond acceptors (Lipinski definition) is 1. The third kappa shape index (κ3) is 6.24. The average molecular weight is 715 g/mol. The van der Waals surface area contributed by atoms with Crippen LogP contribution in [0.3, 0.4) is 0 Å². The van der Waals surface area contributed by atoms with Gasteiger partial charge in [-0.25, -0.2) is 0 Å². The van der Waals surface area contributed by atoms with Crippen molar-refractivity contribution < 1.29 is 0 Å². The third-order valence-electron chi connectivity index (χ3n) is 10.8. The molecule has 0 spiro atoms. The first-order valence-corrected chi connectivity index (χ1v) is 19.2. The summed E-state index contributed by atoms with van der Waals surface area (Å²) in [5.74, 6) is 0. The average Bonchev–Trinajstić information content (AvgIpc) is 3.62. The number of para-hydroxylation sites is 2. The van der Waals surface area contributed by atoms with Crippen LogP contribution >= 0.6 is 0 Å². The maximum atomic E-state index is 2.39. The third-order valence-corrected chi connectivity index (χ3v) is 10.8. The van der Waals surface area contributed by atoms with Crippen molar-refractivity contribution in [3.05, 3.63) is 231 Å². The van der Waals surface area contributed by atoms with Gasteiger partial charge in [0.15, 0.2) is 0 Å². The first-order chi connectivity index (χ1) is 27.8. The van der Waals surface area contributed by atoms with Gasteiger partial charge in [0, 0.05) is 33.5 Å². The van der Waals surface area contributed by atoms with E-state index < -0.39 is 0 Å². The molecule has 9 aromatic carbocycles. The second-order valence-corrected chi connectivity index (χ2v) is 14.2. The van der Waals surface area contributed by atoms with Gasteiger partial charge in [-0.05, 0) is 99.1 Å². The summed E-state index contributed by atoms with van der Waals surface area (Å²) in [4.78, 5) is 2.37. The van der Waals surface area contributed by atoms with Crippen molar-refractivity contribution in [2.45, 2.75) is 0 Å². The summed E-state index contributed by atoms with van der Waals surface area (Å²) in [5.41, 5.74) is 16.4. The van der Waals surface area contributed by atoms with Crippen molar-refractivity contribution in [2.75, 3.05) is 4.90 Å². The fraction of sp³-hybridized carbons (Fsp3) is 0. The zero-order chi connectivity index (χ0) is 37.3. The Morgan fingerprint density at radius 2 is 0.589 bits per heavy atom. The van der Waals surface area contributed by atoms with E-state index in [4.69, 9.17) is 0 Å². The SMILES string of the molecule is c1ccc(-c2ccc(-c3ccc(N(c4ccc(-c5ccc(-c6ccccc6)cc5)cc4)c4ccc5c6ccccc6n(-c6ccccc6)c5c4)cc3)cc2)cc1. The van der Waals surface area contributed by atoms with Gasteiger partial charge < -0.3 is 9.47 Å². The van der Waals surface area contributed by atoms with Crippen LogP contribution in [-0.4, -0.2) is 4.57 Å². The Morgan fingerprint density at radius 1 is 0.250 bits per heavy atom. The second-order valence-electron chi connectivity index (χ2n) is 14.2. The number of hydrogen-bond donors (Lipinski definition) is 0. The molecule has 2 heteroatoms. The Bertz CT molecular complexity index is 2770. The Labute approximate surface area is 327 Å². The zero-order valence-electron chi connectivity index (χ0n) is 30.8. The number of rotatable bonds is 8. The van der Waals surface area contributed by atoms with E-state index in [1.54, 1.807) is 0 Å². The largest absolute Gasteiger partial charge is 0.310 e. The molecule has 0 fully saturated rings. The number of anilines is 3. The lowest BCUT2D eigenvalue weighted by Crippen LogP contribution is -2.10. The molecule has 0 N–H and O–H groups in total. The van der Waals surface area contributed by atoms with Crippen LogP contribution in [0.2, 0.25) is 0 Å². The maximum absolute atomic E-state index is 2.39. The highest BCUT2D eigenvalue weighted by Crippen LogP contribution is 2.41. The van der Waals surface area contributed by atoms with Gasteiger partial charge in [-0.2, -0.15) is 0 Å². The fourth-order valence-electron chi connectivity index (χ4n) is 7.98. The molecule has 0 aliphatic heterocycles. The first kappa shape index (κ1) is 33.2. The fourth-order valence-corrected chi connectivity index (χ4v) is 7.98. The van der Waals surface area contributed by atoms with Gasteiger partial charge in [0.1, 0.15) is 0 Å². The summed E-state index contributed by atoms with van der Waals surface area (Å²) < 4.78 is 2.39. The van der Waals surface area contributed by atoms with Gasteiger partial charge in [-0.1, -0.05) is 176 Å². The molecule has 1 aromatic heterocycles. The Hall–Kier alpha value is -7.42. The summed E-state index contributed by atoms with van der Waals surface area (Å²) in [6.45, 7) is 0. The normalized spacial score (nSPS) is 11.2. The first-order valence-electron chi connectivity index (χ1n) is 19.2. The van der Waals surface area contributed by atoms with Crippen LogP contribution in [0.1, 0.15) is 0 Å². The number of nitrogens with zero attached hydrogens (tertiary/aromatic N) is 2. The van der Waals surface area contributed by atoms with E-state index in [0.29, 0.717) is 0 Å². The molecular weight excluding hydrogens is 677 g/mol. The topological polar surface area (TPSA) is 8.17 Å². The predicted octanol–water partition coefficient (Wildman–Crippen LogP) is 14.9. The molecule has 10 rings (SSSR count). The number of fused-ring (bicyclic) bond motifs is 3. The van der Waals surface area contributed by atoms with Crippen LogP contribution in [0.4, 0.5) is 17.1 Å². The summed E-state index contributed by atoms with van der Waals surface area (Å²) in [6.07, 6.45) is 0. The van der Waals surface area contributed by atoms with Gasteiger partial charge in [0.05, 0.1) is 11.0 Å². The van der Waals surface area contributed by atoms with E-state index in [2.05, 4.69) is 240 Å². The molecule has 0 aliphatic carbocycles. The standard InChI is InChI=1S/C54H38N2/c1-4-12-39(13-5-1)41-20-24-43(25-21-41)45-28-32-48(33-29-45)55(49-34-30-46(31-35-49)44-26-22-42(23-27-44)40-14-6-2-7-15-40)50-36-37-52-51-18-10-11-19-53(51)56(54(52)38-50)47-16-8-3-9-17-47/h1-38H. The molecule has 0 amide bonds. The second kappa shape index (κ2) is 14.4. The van der Waals surface area contributed by atoms with Gasteiger partial charge >= 0.3 is 0 Å². The molecule has 1 heterocycles. The monoisotopic (exact) mass is 714 g/mol. The minimum Gasteiger partial charge on any atom is -0.310 e. The molecule has 0 radical (unpaired) electrons. The predicted molar refractivity (Wildman–Crippen MR) is 237 cm³/mol. The quantitative estimate of drug-likeness (QED) is 0.152. The van der Waals surface area contributed by atoms with E-state index >= 15 is 0 Å². The van der Waals surface area contributed by atoms with Gasteiger partial charge in [0.2, 0.25) is 0 Å². The van der Waals surface area contributed by atoms with Crippen LogP contribution in [0.15, 0.2) is 231 Å². The van der Waals surface area contributed by atoms with Crippen molar-refractivity contribution in [3.63, 3.8) is 0 Å². The van der Waals surface area contributed by atoms with E-state index in [0.717, 1.165) is 22.7 Å². The molecule has 0 unspecified atom stereocenters. The molecule has 0 saturated heterocycles. The number of aromatic nitrogens is 1. The summed E-state index contributed by atoms with van der Waals surface area (Å²) in [7, 11) is 0. The minimum atomic E-state index is 1.09. The summed E-state index contributed by atoms with van der Waals surface area (Å²) >= 11 is 0. The Morgan fingerprint density at radius 3 is 1.05 bits per heavy atom. The van der Waals surface area contributed by atoms with Crippen LogP contribution in [0.5, 0.6) is 0 Å².